The van der Waals surface area contributed by atoms with Gasteiger partial charge in [-0.15, -0.1) is 0 Å². The number of hydrogen-bond donors (Lipinski definition) is 1. The maximum absolute atomic E-state index is 6.33. The number of halogens is 1. The quantitative estimate of drug-likeness (QED) is 0.567. The number of aromatic nitrogens is 3. The van der Waals surface area contributed by atoms with Gasteiger partial charge in [0.1, 0.15) is 5.82 Å². The highest BCUT2D eigenvalue weighted by Crippen LogP contribution is 2.29. The number of fused-ring (bicyclic) bond motifs is 1. The predicted molar refractivity (Wildman–Crippen MR) is 102 cm³/mol. The number of benzene rings is 2. The van der Waals surface area contributed by atoms with Crippen LogP contribution in [0.5, 0.6) is 0 Å². The number of rotatable bonds is 4. The first kappa shape index (κ1) is 15.5. The van der Waals surface area contributed by atoms with Crippen LogP contribution in [0.3, 0.4) is 0 Å². The fraction of sp³-hybridized carbons (Fsp3) is 0.0500. The highest BCUT2D eigenvalue weighted by Gasteiger charge is 2.11. The predicted octanol–water partition coefficient (Wildman–Crippen LogP) is 4.96. The van der Waals surface area contributed by atoms with Gasteiger partial charge in [-0.2, -0.15) is 0 Å². The molecule has 5 heteroatoms. The van der Waals surface area contributed by atoms with Crippen LogP contribution in [0.4, 0.5) is 5.82 Å². The third-order valence-corrected chi connectivity index (χ3v) is 4.23. The van der Waals surface area contributed by atoms with Crippen molar-refractivity contribution in [1.29, 1.82) is 0 Å². The summed E-state index contributed by atoms with van der Waals surface area (Å²) in [5, 5.41) is 5.01. The highest BCUT2D eigenvalue weighted by atomic mass is 35.5. The minimum atomic E-state index is 0.609. The summed E-state index contributed by atoms with van der Waals surface area (Å²) in [5.74, 6) is 1.39. The molecule has 0 bridgehead atoms. The summed E-state index contributed by atoms with van der Waals surface area (Å²) in [6.07, 6.45) is 3.60. The zero-order valence-corrected chi connectivity index (χ0v) is 14.1. The van der Waals surface area contributed by atoms with E-state index in [2.05, 4.69) is 15.3 Å². The molecule has 0 amide bonds. The zero-order valence-electron chi connectivity index (χ0n) is 13.4. The lowest BCUT2D eigenvalue weighted by molar-refractivity contribution is 1.08. The van der Waals surface area contributed by atoms with E-state index in [1.54, 1.807) is 6.20 Å². The van der Waals surface area contributed by atoms with Crippen molar-refractivity contribution in [3.05, 3.63) is 83.6 Å². The maximum Gasteiger partial charge on any atom is 0.163 e. The molecule has 2 aromatic carbocycles. The van der Waals surface area contributed by atoms with Crippen molar-refractivity contribution < 1.29 is 0 Å². The molecule has 0 unspecified atom stereocenters. The van der Waals surface area contributed by atoms with Gasteiger partial charge in [0, 0.05) is 29.9 Å². The number of anilines is 1. The molecular formula is C20H15ClN4. The highest BCUT2D eigenvalue weighted by molar-refractivity contribution is 6.33. The van der Waals surface area contributed by atoms with Crippen LogP contribution in [-0.4, -0.2) is 15.0 Å². The molecule has 0 saturated carbocycles. The summed E-state index contributed by atoms with van der Waals surface area (Å²) in [7, 11) is 0. The van der Waals surface area contributed by atoms with Crippen LogP contribution in [0.25, 0.3) is 22.3 Å². The molecule has 0 aliphatic rings. The third-order valence-electron chi connectivity index (χ3n) is 3.90. The SMILES string of the molecule is Clc1ccccc1-c1nc(NCc2cccnc2)c2ccccc2n1. The first-order chi connectivity index (χ1) is 12.3. The molecule has 1 N–H and O–H groups in total. The molecule has 4 nitrogen and oxygen atoms in total. The van der Waals surface area contributed by atoms with Gasteiger partial charge in [-0.05, 0) is 35.9 Å². The van der Waals surface area contributed by atoms with Crippen LogP contribution < -0.4 is 5.32 Å². The van der Waals surface area contributed by atoms with Gasteiger partial charge in [-0.3, -0.25) is 4.98 Å². The molecule has 122 valence electrons. The average Bonchev–Trinajstić information content (AvgIpc) is 2.67. The summed E-state index contributed by atoms with van der Waals surface area (Å²) >= 11 is 6.33. The minimum absolute atomic E-state index is 0.609. The summed E-state index contributed by atoms with van der Waals surface area (Å²) in [6.45, 7) is 0.636. The van der Waals surface area contributed by atoms with E-state index in [-0.39, 0.29) is 0 Å². The van der Waals surface area contributed by atoms with Crippen LogP contribution >= 0.6 is 11.6 Å². The number of nitrogens with zero attached hydrogens (tertiary/aromatic N) is 3. The molecule has 0 fully saturated rings. The fourth-order valence-electron chi connectivity index (χ4n) is 2.66. The number of hydrogen-bond acceptors (Lipinski definition) is 4. The Morgan fingerprint density at radius 2 is 1.72 bits per heavy atom. The lowest BCUT2D eigenvalue weighted by Crippen LogP contribution is -2.04. The van der Waals surface area contributed by atoms with E-state index in [0.29, 0.717) is 17.4 Å². The van der Waals surface area contributed by atoms with Crippen LogP contribution in [0, 0.1) is 0 Å². The molecular weight excluding hydrogens is 332 g/mol. The Morgan fingerprint density at radius 3 is 2.56 bits per heavy atom. The van der Waals surface area contributed by atoms with Gasteiger partial charge in [-0.25, -0.2) is 9.97 Å². The van der Waals surface area contributed by atoms with Crippen LogP contribution in [0.15, 0.2) is 73.1 Å². The summed E-state index contributed by atoms with van der Waals surface area (Å²) in [6, 6.07) is 19.5. The van der Waals surface area contributed by atoms with Gasteiger partial charge in [-0.1, -0.05) is 41.9 Å². The summed E-state index contributed by atoms with van der Waals surface area (Å²) in [4.78, 5) is 13.5. The van der Waals surface area contributed by atoms with Gasteiger partial charge in [0.25, 0.3) is 0 Å². The number of para-hydroxylation sites is 1. The summed E-state index contributed by atoms with van der Waals surface area (Å²) < 4.78 is 0. The van der Waals surface area contributed by atoms with Crippen LogP contribution in [0.2, 0.25) is 5.02 Å². The van der Waals surface area contributed by atoms with E-state index in [0.717, 1.165) is 27.8 Å². The maximum atomic E-state index is 6.33. The van der Waals surface area contributed by atoms with Gasteiger partial charge in [0.15, 0.2) is 5.82 Å². The summed E-state index contributed by atoms with van der Waals surface area (Å²) in [5.41, 5.74) is 2.78. The molecule has 0 radical (unpaired) electrons. The van der Waals surface area contributed by atoms with Crippen LogP contribution in [-0.2, 0) is 6.54 Å². The third kappa shape index (κ3) is 3.30. The topological polar surface area (TPSA) is 50.7 Å². The smallest absolute Gasteiger partial charge is 0.163 e. The Kier molecular flexibility index (Phi) is 4.27. The second kappa shape index (κ2) is 6.87. The molecule has 25 heavy (non-hydrogen) atoms. The largest absolute Gasteiger partial charge is 0.365 e. The van der Waals surface area contributed by atoms with E-state index >= 15 is 0 Å². The van der Waals surface area contributed by atoms with Gasteiger partial charge < -0.3 is 5.32 Å². The Bertz CT molecular complexity index is 1020. The van der Waals surface area contributed by atoms with E-state index in [4.69, 9.17) is 16.6 Å². The Balaban J connectivity index is 1.78. The molecule has 0 atom stereocenters. The second-order valence-electron chi connectivity index (χ2n) is 5.61. The normalized spacial score (nSPS) is 10.8. The van der Waals surface area contributed by atoms with Crippen molar-refractivity contribution in [1.82, 2.24) is 15.0 Å². The Labute approximate surface area is 150 Å². The second-order valence-corrected chi connectivity index (χ2v) is 6.01. The molecule has 0 aliphatic heterocycles. The van der Waals surface area contributed by atoms with Crippen molar-refractivity contribution in [2.24, 2.45) is 0 Å². The van der Waals surface area contributed by atoms with Crippen molar-refractivity contribution >= 4 is 28.3 Å². The Hall–Kier alpha value is -2.98. The molecule has 0 aliphatic carbocycles. The lowest BCUT2D eigenvalue weighted by atomic mass is 10.1. The van der Waals surface area contributed by atoms with Gasteiger partial charge in [0.2, 0.25) is 0 Å². The molecule has 0 spiro atoms. The molecule has 4 aromatic rings. The fourth-order valence-corrected chi connectivity index (χ4v) is 2.88. The lowest BCUT2D eigenvalue weighted by Gasteiger charge is -2.11. The van der Waals surface area contributed by atoms with Crippen molar-refractivity contribution in [3.63, 3.8) is 0 Å². The van der Waals surface area contributed by atoms with E-state index in [1.165, 1.54) is 0 Å². The Morgan fingerprint density at radius 1 is 0.880 bits per heavy atom. The molecule has 2 heterocycles. The monoisotopic (exact) mass is 346 g/mol. The minimum Gasteiger partial charge on any atom is -0.365 e. The first-order valence-electron chi connectivity index (χ1n) is 7.96. The number of pyridine rings is 1. The van der Waals surface area contributed by atoms with Crippen molar-refractivity contribution in [2.45, 2.75) is 6.54 Å². The molecule has 0 saturated heterocycles. The van der Waals surface area contributed by atoms with E-state index in [1.807, 2.05) is 66.9 Å². The number of nitrogens with one attached hydrogen (secondary N) is 1. The zero-order chi connectivity index (χ0) is 17.1. The van der Waals surface area contributed by atoms with Gasteiger partial charge >= 0.3 is 0 Å². The molecule has 4 rings (SSSR count). The van der Waals surface area contributed by atoms with Gasteiger partial charge in [0.05, 0.1) is 10.5 Å². The van der Waals surface area contributed by atoms with Crippen molar-refractivity contribution in [3.8, 4) is 11.4 Å². The van der Waals surface area contributed by atoms with E-state index in [9.17, 15) is 0 Å². The standard InChI is InChI=1S/C20H15ClN4/c21-17-9-3-1-7-15(17)20-24-18-10-4-2-8-16(18)19(25-20)23-13-14-6-5-11-22-12-14/h1-12H,13H2,(H,23,24,25). The van der Waals surface area contributed by atoms with Crippen molar-refractivity contribution in [2.75, 3.05) is 5.32 Å². The molecule has 2 aromatic heterocycles. The van der Waals surface area contributed by atoms with Crippen LogP contribution in [0.1, 0.15) is 5.56 Å². The van der Waals surface area contributed by atoms with E-state index < -0.39 is 0 Å². The first-order valence-corrected chi connectivity index (χ1v) is 8.33. The average molecular weight is 347 g/mol.